The molecular formula is C32H32N2O8. The number of H-pyrrole nitrogens is 1. The van der Waals surface area contributed by atoms with E-state index in [1.807, 2.05) is 78.9 Å². The molecule has 2 aliphatic heterocycles. The molecule has 2 N–H and O–H groups in total. The molecule has 42 heavy (non-hydrogen) atoms. The van der Waals surface area contributed by atoms with Gasteiger partial charge in [0, 0.05) is 18.7 Å². The molecule has 10 heteroatoms. The molecule has 0 radical (unpaired) electrons. The Morgan fingerprint density at radius 1 is 0.905 bits per heavy atom. The minimum atomic E-state index is -1.19. The summed E-state index contributed by atoms with van der Waals surface area (Å²) in [5.74, 6) is 1.40. The third-order valence-corrected chi connectivity index (χ3v) is 8.15. The second-order valence-corrected chi connectivity index (χ2v) is 10.4. The zero-order valence-corrected chi connectivity index (χ0v) is 23.3. The topological polar surface area (TPSA) is 121 Å². The van der Waals surface area contributed by atoms with Crippen molar-refractivity contribution < 1.29 is 28.8 Å². The summed E-state index contributed by atoms with van der Waals surface area (Å²) in [5, 5.41) is 11.5. The number of fused-ring (bicyclic) bond motifs is 2. The van der Waals surface area contributed by atoms with E-state index in [9.17, 15) is 14.7 Å². The van der Waals surface area contributed by atoms with Crippen molar-refractivity contribution in [3.63, 3.8) is 0 Å². The molecular weight excluding hydrogens is 540 g/mol. The first-order valence-corrected chi connectivity index (χ1v) is 13.7. The van der Waals surface area contributed by atoms with Gasteiger partial charge in [-0.2, -0.15) is 0 Å². The van der Waals surface area contributed by atoms with Crippen molar-refractivity contribution in [2.75, 3.05) is 27.4 Å². The molecule has 10 nitrogen and oxygen atoms in total. The maximum atomic E-state index is 12.6. The van der Waals surface area contributed by atoms with Gasteiger partial charge in [0.2, 0.25) is 0 Å². The number of nitrogens with one attached hydrogen (secondary N) is 1. The van der Waals surface area contributed by atoms with E-state index in [0.717, 1.165) is 16.7 Å². The van der Waals surface area contributed by atoms with Crippen LogP contribution in [0.3, 0.4) is 0 Å². The van der Waals surface area contributed by atoms with Crippen molar-refractivity contribution in [2.45, 2.75) is 36.1 Å². The van der Waals surface area contributed by atoms with E-state index in [1.165, 1.54) is 16.8 Å². The first-order valence-electron chi connectivity index (χ1n) is 13.7. The predicted octanol–water partition coefficient (Wildman–Crippen LogP) is 2.98. The zero-order valence-electron chi connectivity index (χ0n) is 23.3. The molecule has 0 unspecified atom stereocenters. The summed E-state index contributed by atoms with van der Waals surface area (Å²) >= 11 is 0. The van der Waals surface area contributed by atoms with E-state index in [1.54, 1.807) is 14.2 Å². The Morgan fingerprint density at radius 2 is 1.50 bits per heavy atom. The normalized spacial score (nSPS) is 23.5. The first kappa shape index (κ1) is 27.9. The van der Waals surface area contributed by atoms with Crippen molar-refractivity contribution in [1.29, 1.82) is 0 Å². The highest BCUT2D eigenvalue weighted by Gasteiger charge is 2.59. The van der Waals surface area contributed by atoms with Gasteiger partial charge in [-0.05, 0) is 41.0 Å². The Morgan fingerprint density at radius 3 is 2.07 bits per heavy atom. The van der Waals surface area contributed by atoms with E-state index in [-0.39, 0.29) is 6.61 Å². The van der Waals surface area contributed by atoms with Crippen LogP contribution in [-0.4, -0.2) is 59.9 Å². The minimum absolute atomic E-state index is 0.0322. The lowest BCUT2D eigenvalue weighted by molar-refractivity contribution is -0.173. The molecule has 0 amide bonds. The summed E-state index contributed by atoms with van der Waals surface area (Å²) in [4.78, 5) is 26.6. The minimum Gasteiger partial charge on any atom is -0.497 e. The summed E-state index contributed by atoms with van der Waals surface area (Å²) in [7, 11) is 3.23. The second kappa shape index (κ2) is 11.2. The van der Waals surface area contributed by atoms with E-state index < -0.39 is 40.9 Å². The molecule has 2 bridgehead atoms. The fraction of sp³-hybridized carbons (Fsp3) is 0.312. The molecule has 2 fully saturated rings. The maximum absolute atomic E-state index is 12.6. The molecule has 3 heterocycles. The number of hydrogen-bond donors (Lipinski definition) is 2. The number of nitrogens with zero attached hydrogens (tertiary/aromatic N) is 1. The van der Waals surface area contributed by atoms with Gasteiger partial charge in [0.25, 0.3) is 5.56 Å². The monoisotopic (exact) mass is 572 g/mol. The van der Waals surface area contributed by atoms with Gasteiger partial charge in [0.1, 0.15) is 34.9 Å². The number of rotatable bonds is 9. The van der Waals surface area contributed by atoms with Crippen molar-refractivity contribution in [3.8, 4) is 11.5 Å². The highest BCUT2D eigenvalue weighted by atomic mass is 16.6. The smallest absolute Gasteiger partial charge is 0.330 e. The molecule has 4 aromatic rings. The second-order valence-electron chi connectivity index (χ2n) is 10.4. The summed E-state index contributed by atoms with van der Waals surface area (Å²) in [5.41, 5.74) is -0.965. The average molecular weight is 573 g/mol. The molecule has 0 spiro atoms. The quantitative estimate of drug-likeness (QED) is 0.294. The number of aliphatic hydroxyl groups is 1. The number of aromatic amines is 1. The fourth-order valence-electron chi connectivity index (χ4n) is 5.92. The number of aliphatic hydroxyl groups excluding tert-OH is 1. The average Bonchev–Trinajstić information content (AvgIpc) is 3.16. The van der Waals surface area contributed by atoms with E-state index in [0.29, 0.717) is 24.5 Å². The Bertz CT molecular complexity index is 1590. The van der Waals surface area contributed by atoms with Crippen LogP contribution in [0.1, 0.15) is 29.3 Å². The van der Waals surface area contributed by atoms with Crippen molar-refractivity contribution >= 4 is 0 Å². The largest absolute Gasteiger partial charge is 0.497 e. The lowest BCUT2D eigenvalue weighted by Gasteiger charge is -2.41. The predicted molar refractivity (Wildman–Crippen MR) is 153 cm³/mol. The van der Waals surface area contributed by atoms with Gasteiger partial charge in [-0.1, -0.05) is 54.6 Å². The van der Waals surface area contributed by atoms with Crippen molar-refractivity contribution in [2.24, 2.45) is 0 Å². The van der Waals surface area contributed by atoms with Crippen molar-refractivity contribution in [1.82, 2.24) is 9.55 Å². The van der Waals surface area contributed by atoms with Crippen LogP contribution in [0.2, 0.25) is 0 Å². The molecule has 6 rings (SSSR count). The lowest BCUT2D eigenvalue weighted by Crippen LogP contribution is -2.53. The Kier molecular flexibility index (Phi) is 7.46. The van der Waals surface area contributed by atoms with Crippen LogP contribution in [0, 0.1) is 0 Å². The number of benzene rings is 3. The van der Waals surface area contributed by atoms with Crippen LogP contribution >= 0.6 is 0 Å². The fourth-order valence-corrected chi connectivity index (χ4v) is 5.92. The summed E-state index contributed by atoms with van der Waals surface area (Å²) < 4.78 is 31.5. The third-order valence-electron chi connectivity index (χ3n) is 8.15. The standard InChI is InChI=1S/C32H32N2O8/c1-38-24-12-8-22(9-13-24)32(21-6-4-3-5-7-21,23-10-14-25(39-2)15-11-23)41-20-31-17-19-40-27(28(31)36)29(42-31)34-18-16-26(35)33-30(34)37/h3-16,18,27-29,36H,17,19-20H2,1-2H3,(H,33,35,37)/t27-,28+,29-,31-/m1/s1. The van der Waals surface area contributed by atoms with Crippen LogP contribution in [-0.2, 0) is 19.8 Å². The van der Waals surface area contributed by atoms with Gasteiger partial charge >= 0.3 is 5.69 Å². The van der Waals surface area contributed by atoms with E-state index in [4.69, 9.17) is 23.7 Å². The van der Waals surface area contributed by atoms with Gasteiger partial charge in [0.15, 0.2) is 6.23 Å². The van der Waals surface area contributed by atoms with Crippen LogP contribution in [0.15, 0.2) is 101 Å². The Labute approximate surface area is 242 Å². The van der Waals surface area contributed by atoms with Gasteiger partial charge in [-0.25, -0.2) is 4.79 Å². The zero-order chi connectivity index (χ0) is 29.3. The molecule has 4 atom stereocenters. The maximum Gasteiger partial charge on any atom is 0.330 e. The number of hydrogen-bond acceptors (Lipinski definition) is 8. The molecule has 3 aromatic carbocycles. The van der Waals surface area contributed by atoms with E-state index >= 15 is 0 Å². The highest BCUT2D eigenvalue weighted by molar-refractivity contribution is 5.49. The third kappa shape index (κ3) is 4.72. The van der Waals surface area contributed by atoms with Crippen LogP contribution < -0.4 is 20.7 Å². The molecule has 2 aliphatic rings. The molecule has 2 saturated heterocycles. The molecule has 1 aromatic heterocycles. The summed E-state index contributed by atoms with van der Waals surface area (Å²) in [6, 6.07) is 26.4. The first-order chi connectivity index (χ1) is 20.4. The van der Waals surface area contributed by atoms with Crippen LogP contribution in [0.4, 0.5) is 0 Å². The SMILES string of the molecule is COc1ccc(C(OC[C@@]23CCO[C@@H]([C@H](n4ccc(=O)[nH]c4=O)O2)[C@@H]3O)(c2ccccc2)c2ccc(OC)cc2)cc1. The highest BCUT2D eigenvalue weighted by Crippen LogP contribution is 2.48. The van der Waals surface area contributed by atoms with Crippen LogP contribution in [0.25, 0.3) is 0 Å². The lowest BCUT2D eigenvalue weighted by atomic mass is 9.79. The van der Waals surface area contributed by atoms with Gasteiger partial charge in [0.05, 0.1) is 27.4 Å². The summed E-state index contributed by atoms with van der Waals surface area (Å²) in [6.07, 6.45) is -1.21. The Hall–Kier alpha value is -4.22. The number of ether oxygens (including phenoxy) is 5. The molecule has 0 aliphatic carbocycles. The van der Waals surface area contributed by atoms with Gasteiger partial charge in [-0.15, -0.1) is 0 Å². The summed E-state index contributed by atoms with van der Waals surface area (Å²) in [6.45, 7) is 0.263. The van der Waals surface area contributed by atoms with Crippen molar-refractivity contribution in [3.05, 3.63) is 129 Å². The van der Waals surface area contributed by atoms with Crippen LogP contribution in [0.5, 0.6) is 11.5 Å². The Balaban J connectivity index is 1.45. The molecule has 0 saturated carbocycles. The number of methoxy groups -OCH3 is 2. The molecule has 218 valence electrons. The van der Waals surface area contributed by atoms with Gasteiger partial charge in [-0.3, -0.25) is 14.3 Å². The van der Waals surface area contributed by atoms with E-state index in [2.05, 4.69) is 4.98 Å². The van der Waals surface area contributed by atoms with Gasteiger partial charge < -0.3 is 28.8 Å². The number of aromatic nitrogens is 2.